The van der Waals surface area contributed by atoms with Gasteiger partial charge in [0, 0.05) is 17.9 Å². The Morgan fingerprint density at radius 1 is 1.16 bits per heavy atom. The van der Waals surface area contributed by atoms with Gasteiger partial charge in [-0.05, 0) is 48.8 Å². The van der Waals surface area contributed by atoms with Gasteiger partial charge in [-0.1, -0.05) is 13.3 Å². The number of halogens is 2. The summed E-state index contributed by atoms with van der Waals surface area (Å²) < 4.78 is 26.1. The molecule has 1 aromatic carbocycles. The molecule has 0 radical (unpaired) electrons. The zero-order valence-electron chi connectivity index (χ0n) is 11.1. The molecule has 19 heavy (non-hydrogen) atoms. The normalized spacial score (nSPS) is 31.5. The van der Waals surface area contributed by atoms with E-state index in [2.05, 4.69) is 6.92 Å². The van der Waals surface area contributed by atoms with Gasteiger partial charge < -0.3 is 0 Å². The van der Waals surface area contributed by atoms with Crippen molar-refractivity contribution in [3.63, 3.8) is 0 Å². The minimum absolute atomic E-state index is 0.0676. The van der Waals surface area contributed by atoms with Gasteiger partial charge in [0.1, 0.15) is 17.4 Å². The van der Waals surface area contributed by atoms with Crippen LogP contribution in [0.2, 0.25) is 0 Å². The summed E-state index contributed by atoms with van der Waals surface area (Å²) in [7, 11) is 0. The van der Waals surface area contributed by atoms with Crippen molar-refractivity contribution in [2.45, 2.75) is 45.4 Å². The lowest BCUT2D eigenvalue weighted by atomic mass is 9.33. The zero-order chi connectivity index (χ0) is 13.7. The van der Waals surface area contributed by atoms with Gasteiger partial charge in [-0.15, -0.1) is 0 Å². The van der Waals surface area contributed by atoms with Crippen LogP contribution in [0, 0.1) is 22.5 Å². The van der Waals surface area contributed by atoms with E-state index in [0.717, 1.165) is 31.7 Å². The standard InChI is InChI=1S/C16H18F2O/c1-2-15-8-16(9-15,10-15)14(19)4-3-11-5-12(17)7-13(18)6-11/h5-7H,2-4,8-10H2,1H3. The van der Waals surface area contributed by atoms with Gasteiger partial charge in [-0.3, -0.25) is 4.79 Å². The lowest BCUT2D eigenvalue weighted by Crippen LogP contribution is -2.64. The maximum Gasteiger partial charge on any atom is 0.139 e. The molecule has 3 saturated carbocycles. The average Bonchev–Trinajstić information content (AvgIpc) is 2.22. The van der Waals surface area contributed by atoms with Crippen LogP contribution in [-0.2, 0) is 11.2 Å². The van der Waals surface area contributed by atoms with E-state index >= 15 is 0 Å². The van der Waals surface area contributed by atoms with Gasteiger partial charge in [-0.25, -0.2) is 8.78 Å². The SMILES string of the molecule is CCC12CC(C(=O)CCc3cc(F)cc(F)c3)(C1)C2. The Bertz CT molecular complexity index is 496. The Hall–Kier alpha value is -1.25. The van der Waals surface area contributed by atoms with Crippen molar-refractivity contribution >= 4 is 5.78 Å². The van der Waals surface area contributed by atoms with E-state index < -0.39 is 11.6 Å². The second-order valence-electron chi connectivity index (χ2n) is 6.37. The lowest BCUT2D eigenvalue weighted by molar-refractivity contribution is -0.206. The third-order valence-electron chi connectivity index (χ3n) is 5.04. The van der Waals surface area contributed by atoms with Gasteiger partial charge in [0.2, 0.25) is 0 Å². The summed E-state index contributed by atoms with van der Waals surface area (Å²) in [4.78, 5) is 12.2. The van der Waals surface area contributed by atoms with Gasteiger partial charge in [0.25, 0.3) is 0 Å². The summed E-state index contributed by atoms with van der Waals surface area (Å²) in [5, 5.41) is 0. The number of carbonyl (C=O) groups is 1. The zero-order valence-corrected chi connectivity index (χ0v) is 11.1. The number of benzene rings is 1. The highest BCUT2D eigenvalue weighted by molar-refractivity contribution is 5.88. The van der Waals surface area contributed by atoms with Crippen molar-refractivity contribution in [2.24, 2.45) is 10.8 Å². The molecule has 1 nitrogen and oxygen atoms in total. The molecule has 0 atom stereocenters. The monoisotopic (exact) mass is 264 g/mol. The molecule has 0 aromatic heterocycles. The van der Waals surface area contributed by atoms with Crippen molar-refractivity contribution in [3.05, 3.63) is 35.4 Å². The molecule has 1 aromatic rings. The highest BCUT2D eigenvalue weighted by Gasteiger charge is 2.69. The molecule has 3 heteroatoms. The predicted octanol–water partition coefficient (Wildman–Crippen LogP) is 4.05. The number of carbonyl (C=O) groups excluding carboxylic acids is 1. The van der Waals surface area contributed by atoms with Gasteiger partial charge >= 0.3 is 0 Å². The Morgan fingerprint density at radius 3 is 2.26 bits per heavy atom. The first-order chi connectivity index (χ1) is 8.97. The molecule has 0 unspecified atom stereocenters. The van der Waals surface area contributed by atoms with Crippen LogP contribution < -0.4 is 0 Å². The van der Waals surface area contributed by atoms with Crippen LogP contribution in [0.3, 0.4) is 0 Å². The first-order valence-electron chi connectivity index (χ1n) is 6.95. The minimum atomic E-state index is -0.571. The van der Waals surface area contributed by atoms with Crippen LogP contribution >= 0.6 is 0 Å². The second kappa shape index (κ2) is 4.12. The summed E-state index contributed by atoms with van der Waals surface area (Å²) in [6.07, 6.45) is 5.11. The fraction of sp³-hybridized carbons (Fsp3) is 0.562. The molecular formula is C16H18F2O. The van der Waals surface area contributed by atoms with Crippen LogP contribution in [0.25, 0.3) is 0 Å². The maximum absolute atomic E-state index is 13.0. The third kappa shape index (κ3) is 1.99. The number of hydrogen-bond acceptors (Lipinski definition) is 1. The van der Waals surface area contributed by atoms with Gasteiger partial charge in [-0.2, -0.15) is 0 Å². The average molecular weight is 264 g/mol. The van der Waals surface area contributed by atoms with E-state index in [9.17, 15) is 13.6 Å². The molecule has 4 rings (SSSR count). The minimum Gasteiger partial charge on any atom is -0.299 e. The third-order valence-corrected chi connectivity index (χ3v) is 5.04. The van der Waals surface area contributed by atoms with Crippen molar-refractivity contribution in [3.8, 4) is 0 Å². The molecule has 0 N–H and O–H groups in total. The molecule has 0 aliphatic heterocycles. The van der Waals surface area contributed by atoms with Gasteiger partial charge in [0.15, 0.2) is 0 Å². The topological polar surface area (TPSA) is 17.1 Å². The summed E-state index contributed by atoms with van der Waals surface area (Å²) in [5.74, 6) is -0.858. The number of ketones is 1. The number of aryl methyl sites for hydroxylation is 1. The van der Waals surface area contributed by atoms with Crippen LogP contribution in [-0.4, -0.2) is 5.78 Å². The van der Waals surface area contributed by atoms with Gasteiger partial charge in [0.05, 0.1) is 0 Å². The molecule has 3 fully saturated rings. The lowest BCUT2D eigenvalue weighted by Gasteiger charge is -2.70. The van der Waals surface area contributed by atoms with Crippen LogP contribution in [0.15, 0.2) is 18.2 Å². The summed E-state index contributed by atoms with van der Waals surface area (Å²) >= 11 is 0. The van der Waals surface area contributed by atoms with Crippen molar-refractivity contribution in [2.75, 3.05) is 0 Å². The number of Topliss-reactive ketones (excluding diaryl/α,β-unsaturated/α-hetero) is 1. The van der Waals surface area contributed by atoms with E-state index in [1.807, 2.05) is 0 Å². The van der Waals surface area contributed by atoms with Crippen LogP contribution in [0.5, 0.6) is 0 Å². The van der Waals surface area contributed by atoms with E-state index in [4.69, 9.17) is 0 Å². The smallest absolute Gasteiger partial charge is 0.139 e. The summed E-state index contributed by atoms with van der Waals surface area (Å²) in [5.41, 5.74) is 0.963. The van der Waals surface area contributed by atoms with Crippen molar-refractivity contribution in [1.29, 1.82) is 0 Å². The summed E-state index contributed by atoms with van der Waals surface area (Å²) in [6.45, 7) is 2.18. The number of hydrogen-bond donors (Lipinski definition) is 0. The first kappa shape index (κ1) is 12.8. The fourth-order valence-corrected chi connectivity index (χ4v) is 3.95. The first-order valence-corrected chi connectivity index (χ1v) is 6.95. The molecule has 2 bridgehead atoms. The van der Waals surface area contributed by atoms with Crippen LogP contribution in [0.1, 0.15) is 44.6 Å². The molecule has 102 valence electrons. The molecule has 3 aliphatic rings. The van der Waals surface area contributed by atoms with E-state index in [0.29, 0.717) is 23.8 Å². The molecule has 3 aliphatic carbocycles. The molecule has 0 amide bonds. The Labute approximate surface area is 112 Å². The molecular weight excluding hydrogens is 246 g/mol. The number of rotatable bonds is 5. The second-order valence-corrected chi connectivity index (χ2v) is 6.37. The van der Waals surface area contributed by atoms with Crippen molar-refractivity contribution < 1.29 is 13.6 Å². The van der Waals surface area contributed by atoms with Crippen LogP contribution in [0.4, 0.5) is 8.78 Å². The highest BCUT2D eigenvalue weighted by atomic mass is 19.1. The Morgan fingerprint density at radius 2 is 1.74 bits per heavy atom. The molecule has 0 heterocycles. The van der Waals surface area contributed by atoms with E-state index in [1.165, 1.54) is 12.1 Å². The fourth-order valence-electron chi connectivity index (χ4n) is 3.95. The van der Waals surface area contributed by atoms with E-state index in [-0.39, 0.29) is 11.2 Å². The highest BCUT2D eigenvalue weighted by Crippen LogP contribution is 2.75. The van der Waals surface area contributed by atoms with Crippen molar-refractivity contribution in [1.82, 2.24) is 0 Å². The quantitative estimate of drug-likeness (QED) is 0.784. The predicted molar refractivity (Wildman–Crippen MR) is 68.7 cm³/mol. The molecule has 0 saturated heterocycles. The molecule has 0 spiro atoms. The summed E-state index contributed by atoms with van der Waals surface area (Å²) in [6, 6.07) is 3.48. The maximum atomic E-state index is 13.0. The Kier molecular flexibility index (Phi) is 2.77. The largest absolute Gasteiger partial charge is 0.299 e. The van der Waals surface area contributed by atoms with E-state index in [1.54, 1.807) is 0 Å². The Balaban J connectivity index is 1.57.